The number of halogens is 1. The summed E-state index contributed by atoms with van der Waals surface area (Å²) in [5.74, 6) is -0.238. The van der Waals surface area contributed by atoms with Crippen molar-refractivity contribution in [3.05, 3.63) is 30.1 Å². The number of hydrogen-bond acceptors (Lipinski definition) is 3. The maximum absolute atomic E-state index is 13.5. The summed E-state index contributed by atoms with van der Waals surface area (Å²) < 4.78 is 19.0. The van der Waals surface area contributed by atoms with Crippen LogP contribution in [0.25, 0.3) is 0 Å². The third-order valence-electron chi connectivity index (χ3n) is 2.92. The molecular weight excluding hydrogens is 275 g/mol. The van der Waals surface area contributed by atoms with Crippen LogP contribution in [0.4, 0.5) is 9.18 Å². The standard InChI is InChI=1S/C15H23FN2O3/c1-3-12(21-14-7-5-4-6-13(14)16)10-18-15(20)17-9-8-11(2)19/h4-7,11-12,19H,3,8-10H2,1-2H3,(H2,17,18,20). The maximum atomic E-state index is 13.5. The number of ether oxygens (including phenoxy) is 1. The summed E-state index contributed by atoms with van der Waals surface area (Å²) >= 11 is 0. The second kappa shape index (κ2) is 9.18. The zero-order chi connectivity index (χ0) is 15.7. The van der Waals surface area contributed by atoms with Crippen LogP contribution in [0.2, 0.25) is 0 Å². The molecule has 1 rings (SSSR count). The first-order chi connectivity index (χ1) is 10.0. The van der Waals surface area contributed by atoms with Crippen molar-refractivity contribution >= 4 is 6.03 Å². The van der Waals surface area contributed by atoms with Crippen molar-refractivity contribution in [2.24, 2.45) is 0 Å². The van der Waals surface area contributed by atoms with Crippen molar-refractivity contribution in [3.63, 3.8) is 0 Å². The lowest BCUT2D eigenvalue weighted by Crippen LogP contribution is -2.41. The van der Waals surface area contributed by atoms with Crippen molar-refractivity contribution in [1.29, 1.82) is 0 Å². The number of carbonyl (C=O) groups is 1. The summed E-state index contributed by atoms with van der Waals surface area (Å²) in [6.07, 6.45) is 0.390. The van der Waals surface area contributed by atoms with Gasteiger partial charge in [-0.1, -0.05) is 19.1 Å². The molecule has 0 heterocycles. The number of nitrogens with one attached hydrogen (secondary N) is 2. The fraction of sp³-hybridized carbons (Fsp3) is 0.533. The van der Waals surface area contributed by atoms with E-state index in [1.165, 1.54) is 6.07 Å². The number of rotatable bonds is 8. The van der Waals surface area contributed by atoms with Gasteiger partial charge in [0.25, 0.3) is 0 Å². The molecule has 0 radical (unpaired) electrons. The van der Waals surface area contributed by atoms with Gasteiger partial charge in [0.2, 0.25) is 0 Å². The van der Waals surface area contributed by atoms with E-state index < -0.39 is 11.9 Å². The van der Waals surface area contributed by atoms with Gasteiger partial charge in [-0.25, -0.2) is 9.18 Å². The first-order valence-corrected chi connectivity index (χ1v) is 7.13. The van der Waals surface area contributed by atoms with Gasteiger partial charge in [0, 0.05) is 6.54 Å². The number of hydrogen-bond donors (Lipinski definition) is 3. The number of aliphatic hydroxyl groups is 1. The number of aliphatic hydroxyl groups excluding tert-OH is 1. The minimum Gasteiger partial charge on any atom is -0.486 e. The molecule has 0 saturated carbocycles. The summed E-state index contributed by atoms with van der Waals surface area (Å²) in [6, 6.07) is 5.85. The Kier molecular flexibility index (Phi) is 7.53. The van der Waals surface area contributed by atoms with E-state index in [0.717, 1.165) is 0 Å². The Labute approximate surface area is 124 Å². The van der Waals surface area contributed by atoms with E-state index in [1.54, 1.807) is 25.1 Å². The topological polar surface area (TPSA) is 70.6 Å². The van der Waals surface area contributed by atoms with Gasteiger partial charge >= 0.3 is 6.03 Å². The van der Waals surface area contributed by atoms with E-state index in [4.69, 9.17) is 9.84 Å². The molecule has 0 fully saturated rings. The molecular formula is C15H23FN2O3. The largest absolute Gasteiger partial charge is 0.486 e. The maximum Gasteiger partial charge on any atom is 0.314 e. The van der Waals surface area contributed by atoms with Crippen molar-refractivity contribution in [3.8, 4) is 5.75 Å². The monoisotopic (exact) mass is 298 g/mol. The molecule has 1 aromatic carbocycles. The van der Waals surface area contributed by atoms with Crippen LogP contribution in [0.5, 0.6) is 5.75 Å². The predicted octanol–water partition coefficient (Wildman–Crippen LogP) is 2.05. The fourth-order valence-electron chi connectivity index (χ4n) is 1.65. The lowest BCUT2D eigenvalue weighted by Gasteiger charge is -2.18. The summed E-state index contributed by atoms with van der Waals surface area (Å²) in [4.78, 5) is 11.5. The minimum atomic E-state index is -0.446. The van der Waals surface area contributed by atoms with E-state index in [9.17, 15) is 9.18 Å². The molecule has 118 valence electrons. The van der Waals surface area contributed by atoms with Crippen LogP contribution in [0.1, 0.15) is 26.7 Å². The van der Waals surface area contributed by atoms with Crippen molar-refractivity contribution in [1.82, 2.24) is 10.6 Å². The van der Waals surface area contributed by atoms with Gasteiger partial charge in [-0.05, 0) is 31.9 Å². The van der Waals surface area contributed by atoms with Crippen LogP contribution in [-0.4, -0.2) is 36.4 Å². The van der Waals surface area contributed by atoms with E-state index in [0.29, 0.717) is 19.4 Å². The molecule has 0 aliphatic carbocycles. The molecule has 0 aliphatic heterocycles. The zero-order valence-corrected chi connectivity index (χ0v) is 12.4. The van der Waals surface area contributed by atoms with Crippen molar-refractivity contribution in [2.45, 2.75) is 38.9 Å². The molecule has 1 aromatic rings. The first kappa shape index (κ1) is 17.2. The number of urea groups is 1. The lowest BCUT2D eigenvalue weighted by molar-refractivity contribution is 0.177. The van der Waals surface area contributed by atoms with Crippen molar-refractivity contribution < 1.29 is 19.0 Å². The van der Waals surface area contributed by atoms with Crippen LogP contribution in [-0.2, 0) is 0 Å². The third-order valence-corrected chi connectivity index (χ3v) is 2.92. The highest BCUT2D eigenvalue weighted by atomic mass is 19.1. The molecule has 5 nitrogen and oxygen atoms in total. The summed E-state index contributed by atoms with van der Waals surface area (Å²) in [7, 11) is 0. The second-order valence-electron chi connectivity index (χ2n) is 4.85. The van der Waals surface area contributed by atoms with Gasteiger partial charge < -0.3 is 20.5 Å². The Hall–Kier alpha value is -1.82. The van der Waals surface area contributed by atoms with Crippen LogP contribution >= 0.6 is 0 Å². The normalized spacial score (nSPS) is 13.3. The van der Waals surface area contributed by atoms with Gasteiger partial charge in [0.05, 0.1) is 12.6 Å². The number of amides is 2. The first-order valence-electron chi connectivity index (χ1n) is 7.13. The van der Waals surface area contributed by atoms with Crippen LogP contribution in [0.15, 0.2) is 24.3 Å². The number of benzene rings is 1. The van der Waals surface area contributed by atoms with Crippen LogP contribution < -0.4 is 15.4 Å². The van der Waals surface area contributed by atoms with Gasteiger partial charge in [-0.3, -0.25) is 0 Å². The predicted molar refractivity (Wildman–Crippen MR) is 78.8 cm³/mol. The number of para-hydroxylation sites is 1. The summed E-state index contributed by atoms with van der Waals surface area (Å²) in [6.45, 7) is 4.24. The molecule has 2 amide bonds. The average molecular weight is 298 g/mol. The molecule has 0 spiro atoms. The molecule has 0 saturated heterocycles. The van der Waals surface area contributed by atoms with Gasteiger partial charge in [0.1, 0.15) is 6.10 Å². The Morgan fingerprint density at radius 2 is 2.10 bits per heavy atom. The fourth-order valence-corrected chi connectivity index (χ4v) is 1.65. The zero-order valence-electron chi connectivity index (χ0n) is 12.4. The highest BCUT2D eigenvalue weighted by Gasteiger charge is 2.12. The molecule has 0 bridgehead atoms. The van der Waals surface area contributed by atoms with Crippen molar-refractivity contribution in [2.75, 3.05) is 13.1 Å². The SMILES string of the molecule is CCC(CNC(=O)NCCC(C)O)Oc1ccccc1F. The smallest absolute Gasteiger partial charge is 0.314 e. The summed E-state index contributed by atoms with van der Waals surface area (Å²) in [5.41, 5.74) is 0. The Morgan fingerprint density at radius 1 is 1.38 bits per heavy atom. The van der Waals surface area contributed by atoms with Gasteiger partial charge in [-0.15, -0.1) is 0 Å². The van der Waals surface area contributed by atoms with Crippen LogP contribution in [0, 0.1) is 5.82 Å². The second-order valence-corrected chi connectivity index (χ2v) is 4.85. The molecule has 0 aromatic heterocycles. The van der Waals surface area contributed by atoms with E-state index in [-0.39, 0.29) is 24.4 Å². The van der Waals surface area contributed by atoms with E-state index in [2.05, 4.69) is 10.6 Å². The Balaban J connectivity index is 2.34. The Bertz CT molecular complexity index is 441. The molecule has 6 heteroatoms. The summed E-state index contributed by atoms with van der Waals surface area (Å²) in [5, 5.41) is 14.4. The quantitative estimate of drug-likeness (QED) is 0.688. The van der Waals surface area contributed by atoms with Gasteiger partial charge in [0.15, 0.2) is 11.6 Å². The molecule has 2 atom stereocenters. The molecule has 21 heavy (non-hydrogen) atoms. The highest BCUT2D eigenvalue weighted by Crippen LogP contribution is 2.17. The molecule has 0 aliphatic rings. The Morgan fingerprint density at radius 3 is 2.71 bits per heavy atom. The lowest BCUT2D eigenvalue weighted by atomic mass is 10.2. The number of carbonyl (C=O) groups excluding carboxylic acids is 1. The third kappa shape index (κ3) is 6.94. The highest BCUT2D eigenvalue weighted by molar-refractivity contribution is 5.73. The van der Waals surface area contributed by atoms with E-state index >= 15 is 0 Å². The molecule has 3 N–H and O–H groups in total. The van der Waals surface area contributed by atoms with Crippen LogP contribution in [0.3, 0.4) is 0 Å². The molecule has 2 unspecified atom stereocenters. The van der Waals surface area contributed by atoms with E-state index in [1.807, 2.05) is 6.92 Å². The minimum absolute atomic E-state index is 0.181. The van der Waals surface area contributed by atoms with Gasteiger partial charge in [-0.2, -0.15) is 0 Å². The average Bonchev–Trinajstić information content (AvgIpc) is 2.45.